The Morgan fingerprint density at radius 1 is 1.15 bits per heavy atom. The van der Waals surface area contributed by atoms with Gasteiger partial charge in [0.15, 0.2) is 0 Å². The smallest absolute Gasteiger partial charge is 0.241 e. The summed E-state index contributed by atoms with van der Waals surface area (Å²) in [6.45, 7) is 15.1. The van der Waals surface area contributed by atoms with Crippen LogP contribution in [0.5, 0.6) is 0 Å². The zero-order valence-electron chi connectivity index (χ0n) is 14.0. The van der Waals surface area contributed by atoms with Gasteiger partial charge in [-0.1, -0.05) is 41.5 Å². The number of nitrogens with zero attached hydrogens (tertiary/aromatic N) is 1. The lowest BCUT2D eigenvalue weighted by atomic mass is 10.0. The number of carbonyl (C=O) groups is 1. The maximum Gasteiger partial charge on any atom is 0.241 e. The standard InChI is InChI=1S/C16H32N2O2/c1-11(2)10-20-9-7-8-18-15(13(5)6)17-14(12(3)4)16(18)19/h11-15,17H,7-10H2,1-6H3. The van der Waals surface area contributed by atoms with Crippen molar-refractivity contribution in [3.05, 3.63) is 0 Å². The number of hydrogen-bond donors (Lipinski definition) is 1. The molecule has 0 radical (unpaired) electrons. The summed E-state index contributed by atoms with van der Waals surface area (Å²) in [6.07, 6.45) is 1.08. The van der Waals surface area contributed by atoms with Crippen molar-refractivity contribution in [3.63, 3.8) is 0 Å². The fourth-order valence-corrected chi connectivity index (χ4v) is 2.60. The Kier molecular flexibility index (Phi) is 6.96. The van der Waals surface area contributed by atoms with Crippen LogP contribution in [0.25, 0.3) is 0 Å². The van der Waals surface area contributed by atoms with E-state index in [2.05, 4.69) is 46.9 Å². The van der Waals surface area contributed by atoms with Gasteiger partial charge < -0.3 is 9.64 Å². The van der Waals surface area contributed by atoms with Crippen molar-refractivity contribution in [2.75, 3.05) is 19.8 Å². The van der Waals surface area contributed by atoms with Gasteiger partial charge in [-0.15, -0.1) is 0 Å². The highest BCUT2D eigenvalue weighted by atomic mass is 16.5. The summed E-state index contributed by atoms with van der Waals surface area (Å²) in [6, 6.07) is -0.0287. The lowest BCUT2D eigenvalue weighted by Crippen LogP contribution is -2.42. The predicted molar refractivity (Wildman–Crippen MR) is 82.4 cm³/mol. The van der Waals surface area contributed by atoms with Crippen LogP contribution in [0, 0.1) is 17.8 Å². The first-order valence-electron chi connectivity index (χ1n) is 7.98. The largest absolute Gasteiger partial charge is 0.381 e. The molecule has 20 heavy (non-hydrogen) atoms. The van der Waals surface area contributed by atoms with Crippen molar-refractivity contribution < 1.29 is 9.53 Å². The van der Waals surface area contributed by atoms with Crippen LogP contribution < -0.4 is 5.32 Å². The highest BCUT2D eigenvalue weighted by Gasteiger charge is 2.40. The molecule has 1 heterocycles. The molecule has 1 aliphatic heterocycles. The van der Waals surface area contributed by atoms with Gasteiger partial charge in [0.1, 0.15) is 0 Å². The Balaban J connectivity index is 2.46. The minimum Gasteiger partial charge on any atom is -0.381 e. The molecule has 4 nitrogen and oxygen atoms in total. The summed E-state index contributed by atoms with van der Waals surface area (Å²) in [4.78, 5) is 14.5. The van der Waals surface area contributed by atoms with Gasteiger partial charge in [-0.3, -0.25) is 10.1 Å². The Morgan fingerprint density at radius 3 is 2.30 bits per heavy atom. The van der Waals surface area contributed by atoms with Crippen molar-refractivity contribution in [3.8, 4) is 0 Å². The molecule has 1 fully saturated rings. The maximum absolute atomic E-state index is 12.5. The first kappa shape index (κ1) is 17.4. The zero-order chi connectivity index (χ0) is 15.3. The Bertz CT molecular complexity index is 303. The van der Waals surface area contributed by atoms with Crippen LogP contribution in [0.15, 0.2) is 0 Å². The Hall–Kier alpha value is -0.610. The van der Waals surface area contributed by atoms with E-state index < -0.39 is 0 Å². The van der Waals surface area contributed by atoms with E-state index in [4.69, 9.17) is 4.74 Å². The molecule has 118 valence electrons. The summed E-state index contributed by atoms with van der Waals surface area (Å²) in [5.41, 5.74) is 0. The maximum atomic E-state index is 12.5. The average molecular weight is 284 g/mol. The molecule has 0 aliphatic carbocycles. The second-order valence-electron chi connectivity index (χ2n) is 6.93. The van der Waals surface area contributed by atoms with Crippen LogP contribution in [0.3, 0.4) is 0 Å². The van der Waals surface area contributed by atoms with Crippen LogP contribution in [0.2, 0.25) is 0 Å². The molecule has 0 spiro atoms. The van der Waals surface area contributed by atoms with Gasteiger partial charge in [0.05, 0.1) is 12.2 Å². The lowest BCUT2D eigenvalue weighted by Gasteiger charge is -2.27. The second-order valence-corrected chi connectivity index (χ2v) is 6.93. The van der Waals surface area contributed by atoms with Crippen molar-refractivity contribution in [2.24, 2.45) is 17.8 Å². The molecule has 1 aliphatic rings. The quantitative estimate of drug-likeness (QED) is 0.696. The van der Waals surface area contributed by atoms with Gasteiger partial charge >= 0.3 is 0 Å². The topological polar surface area (TPSA) is 41.6 Å². The van der Waals surface area contributed by atoms with E-state index in [1.165, 1.54) is 0 Å². The van der Waals surface area contributed by atoms with E-state index >= 15 is 0 Å². The van der Waals surface area contributed by atoms with Crippen molar-refractivity contribution in [1.82, 2.24) is 10.2 Å². The monoisotopic (exact) mass is 284 g/mol. The number of amides is 1. The Labute approximate surface area is 124 Å². The van der Waals surface area contributed by atoms with Crippen molar-refractivity contribution >= 4 is 5.91 Å². The first-order valence-corrected chi connectivity index (χ1v) is 7.98. The molecule has 1 amide bonds. The van der Waals surface area contributed by atoms with Gasteiger partial charge in [-0.25, -0.2) is 0 Å². The molecule has 0 aromatic rings. The van der Waals surface area contributed by atoms with Gasteiger partial charge in [-0.05, 0) is 24.2 Å². The third-order valence-electron chi connectivity index (χ3n) is 3.67. The Morgan fingerprint density at radius 2 is 1.80 bits per heavy atom. The summed E-state index contributed by atoms with van der Waals surface area (Å²) in [5.74, 6) is 1.59. The SMILES string of the molecule is CC(C)COCCCN1C(=O)C(C(C)C)NC1C(C)C. The van der Waals surface area contributed by atoms with Crippen molar-refractivity contribution in [1.29, 1.82) is 0 Å². The molecule has 2 unspecified atom stereocenters. The number of hydrogen-bond acceptors (Lipinski definition) is 3. The lowest BCUT2D eigenvalue weighted by molar-refractivity contribution is -0.131. The molecule has 1 N–H and O–H groups in total. The fraction of sp³-hybridized carbons (Fsp3) is 0.938. The molecule has 0 aromatic heterocycles. The minimum absolute atomic E-state index is 0.0287. The number of ether oxygens (including phenoxy) is 1. The molecule has 0 saturated carbocycles. The third-order valence-corrected chi connectivity index (χ3v) is 3.67. The molecular weight excluding hydrogens is 252 g/mol. The molecule has 4 heteroatoms. The van der Waals surface area contributed by atoms with Crippen LogP contribution in [0.4, 0.5) is 0 Å². The van der Waals surface area contributed by atoms with Crippen LogP contribution >= 0.6 is 0 Å². The van der Waals surface area contributed by atoms with Crippen LogP contribution in [-0.4, -0.2) is 42.8 Å². The van der Waals surface area contributed by atoms with Gasteiger partial charge in [-0.2, -0.15) is 0 Å². The molecular formula is C16H32N2O2. The molecule has 1 saturated heterocycles. The van der Waals surface area contributed by atoms with E-state index in [1.54, 1.807) is 0 Å². The third kappa shape index (κ3) is 4.74. The van der Waals surface area contributed by atoms with Gasteiger partial charge in [0.25, 0.3) is 0 Å². The van der Waals surface area contributed by atoms with E-state index in [-0.39, 0.29) is 18.1 Å². The van der Waals surface area contributed by atoms with E-state index in [9.17, 15) is 4.79 Å². The number of rotatable bonds is 8. The number of carbonyl (C=O) groups excluding carboxylic acids is 1. The molecule has 1 rings (SSSR count). The average Bonchev–Trinajstić information content (AvgIpc) is 2.66. The first-order chi connectivity index (χ1) is 9.34. The van der Waals surface area contributed by atoms with Crippen molar-refractivity contribution in [2.45, 2.75) is 60.2 Å². The van der Waals surface area contributed by atoms with Gasteiger partial charge in [0, 0.05) is 19.8 Å². The summed E-state index contributed by atoms with van der Waals surface area (Å²) < 4.78 is 5.60. The summed E-state index contributed by atoms with van der Waals surface area (Å²) >= 11 is 0. The minimum atomic E-state index is -0.0287. The summed E-state index contributed by atoms with van der Waals surface area (Å²) in [5, 5.41) is 3.48. The highest BCUT2D eigenvalue weighted by molar-refractivity contribution is 5.84. The highest BCUT2D eigenvalue weighted by Crippen LogP contribution is 2.21. The zero-order valence-corrected chi connectivity index (χ0v) is 14.0. The molecule has 0 aromatic carbocycles. The van der Waals surface area contributed by atoms with E-state index in [0.29, 0.717) is 17.8 Å². The van der Waals surface area contributed by atoms with Gasteiger partial charge in [0.2, 0.25) is 5.91 Å². The fourth-order valence-electron chi connectivity index (χ4n) is 2.60. The van der Waals surface area contributed by atoms with E-state index in [0.717, 1.165) is 26.2 Å². The second kappa shape index (κ2) is 7.99. The van der Waals surface area contributed by atoms with Crippen LogP contribution in [-0.2, 0) is 9.53 Å². The molecule has 2 atom stereocenters. The summed E-state index contributed by atoms with van der Waals surface area (Å²) in [7, 11) is 0. The van der Waals surface area contributed by atoms with E-state index in [1.807, 2.05) is 4.90 Å². The normalized spacial score (nSPS) is 23.6. The molecule has 0 bridgehead atoms. The predicted octanol–water partition coefficient (Wildman–Crippen LogP) is 2.49. The van der Waals surface area contributed by atoms with Crippen LogP contribution in [0.1, 0.15) is 48.0 Å². The number of nitrogens with one attached hydrogen (secondary N) is 1.